The highest BCUT2D eigenvalue weighted by Crippen LogP contribution is 2.37. The van der Waals surface area contributed by atoms with Gasteiger partial charge in [-0.1, -0.05) is 111 Å². The van der Waals surface area contributed by atoms with Crippen LogP contribution in [0.3, 0.4) is 0 Å². The van der Waals surface area contributed by atoms with Gasteiger partial charge in [0.15, 0.2) is 0 Å². The molecule has 140 valence electrons. The van der Waals surface area contributed by atoms with E-state index in [2.05, 4.69) is 20.8 Å². The lowest BCUT2D eigenvalue weighted by Crippen LogP contribution is -2.26. The molecule has 1 nitrogen and oxygen atoms in total. The molecule has 0 saturated heterocycles. The third-order valence-electron chi connectivity index (χ3n) is 5.52. The van der Waals surface area contributed by atoms with Crippen molar-refractivity contribution in [1.82, 2.24) is 0 Å². The Bertz CT molecular complexity index is 212. The molecule has 0 atom stereocenters. The van der Waals surface area contributed by atoms with E-state index in [1.54, 1.807) is 0 Å². The number of hydrogen-bond acceptors (Lipinski definition) is 1. The van der Waals surface area contributed by atoms with Crippen LogP contribution in [0.5, 0.6) is 0 Å². The maximum atomic E-state index is 10.1. The van der Waals surface area contributed by atoms with Crippen LogP contribution in [-0.4, -0.2) is 11.7 Å². The molecular weight excluding hydrogens is 280 g/mol. The van der Waals surface area contributed by atoms with Crippen molar-refractivity contribution in [1.29, 1.82) is 0 Å². The zero-order chi connectivity index (χ0) is 17.2. The summed E-state index contributed by atoms with van der Waals surface area (Å²) in [5, 5.41) is 10.1. The van der Waals surface area contributed by atoms with Crippen molar-refractivity contribution in [2.24, 2.45) is 5.41 Å². The number of hydrogen-bond donors (Lipinski definition) is 1. The van der Waals surface area contributed by atoms with Crippen molar-refractivity contribution >= 4 is 0 Å². The molecule has 0 aliphatic heterocycles. The average Bonchev–Trinajstić information content (AvgIpc) is 2.58. The highest BCUT2D eigenvalue weighted by Gasteiger charge is 2.27. The summed E-state index contributed by atoms with van der Waals surface area (Å²) in [6.07, 6.45) is 22.6. The molecule has 0 unspecified atom stereocenters. The molecular formula is C22H46O. The van der Waals surface area contributed by atoms with Gasteiger partial charge in [-0.2, -0.15) is 0 Å². The molecule has 23 heavy (non-hydrogen) atoms. The van der Waals surface area contributed by atoms with Crippen LogP contribution in [0.15, 0.2) is 0 Å². The van der Waals surface area contributed by atoms with E-state index in [0.717, 1.165) is 0 Å². The molecule has 0 aromatic carbocycles. The van der Waals surface area contributed by atoms with Gasteiger partial charge < -0.3 is 5.11 Å². The summed E-state index contributed by atoms with van der Waals surface area (Å²) < 4.78 is 0. The van der Waals surface area contributed by atoms with Crippen molar-refractivity contribution in [2.45, 2.75) is 130 Å². The van der Waals surface area contributed by atoms with Gasteiger partial charge in [0.1, 0.15) is 0 Å². The Morgan fingerprint density at radius 2 is 0.783 bits per heavy atom. The van der Waals surface area contributed by atoms with E-state index in [9.17, 15) is 5.11 Å². The fraction of sp³-hybridized carbons (Fsp3) is 1.00. The number of aliphatic hydroxyl groups excluding tert-OH is 1. The Labute approximate surface area is 147 Å². The van der Waals surface area contributed by atoms with Gasteiger partial charge in [-0.25, -0.2) is 0 Å². The number of unbranched alkanes of at least 4 members (excludes halogenated alkanes) is 11. The molecule has 0 spiro atoms. The summed E-state index contributed by atoms with van der Waals surface area (Å²) in [4.78, 5) is 0. The first-order valence-corrected chi connectivity index (χ1v) is 10.9. The van der Waals surface area contributed by atoms with Crippen LogP contribution in [0.1, 0.15) is 130 Å². The molecule has 0 aliphatic carbocycles. The third kappa shape index (κ3) is 13.0. The van der Waals surface area contributed by atoms with Crippen LogP contribution in [-0.2, 0) is 0 Å². The van der Waals surface area contributed by atoms with Crippen LogP contribution >= 0.6 is 0 Å². The van der Waals surface area contributed by atoms with E-state index in [-0.39, 0.29) is 5.41 Å². The highest BCUT2D eigenvalue weighted by molar-refractivity contribution is 4.79. The largest absolute Gasteiger partial charge is 0.396 e. The molecule has 0 heterocycles. The van der Waals surface area contributed by atoms with Crippen molar-refractivity contribution in [3.63, 3.8) is 0 Å². The summed E-state index contributed by atoms with van der Waals surface area (Å²) in [7, 11) is 0. The number of aliphatic hydroxyl groups is 1. The Kier molecular flexibility index (Phi) is 16.8. The van der Waals surface area contributed by atoms with Gasteiger partial charge in [-0.05, 0) is 24.7 Å². The van der Waals surface area contributed by atoms with Gasteiger partial charge >= 0.3 is 0 Å². The summed E-state index contributed by atoms with van der Waals surface area (Å²) in [6, 6.07) is 0. The van der Waals surface area contributed by atoms with Gasteiger partial charge in [-0.15, -0.1) is 0 Å². The van der Waals surface area contributed by atoms with Crippen LogP contribution in [0, 0.1) is 5.41 Å². The van der Waals surface area contributed by atoms with E-state index in [1.807, 2.05) is 0 Å². The minimum Gasteiger partial charge on any atom is -0.396 e. The van der Waals surface area contributed by atoms with Crippen molar-refractivity contribution in [3.05, 3.63) is 0 Å². The molecule has 0 rings (SSSR count). The Hall–Kier alpha value is -0.0400. The topological polar surface area (TPSA) is 20.2 Å². The van der Waals surface area contributed by atoms with Crippen LogP contribution < -0.4 is 0 Å². The minimum atomic E-state index is 0.242. The molecule has 0 aliphatic rings. The van der Waals surface area contributed by atoms with Gasteiger partial charge in [0, 0.05) is 6.61 Å². The molecule has 0 radical (unpaired) electrons. The fourth-order valence-corrected chi connectivity index (χ4v) is 3.75. The monoisotopic (exact) mass is 326 g/mol. The zero-order valence-corrected chi connectivity index (χ0v) is 16.7. The summed E-state index contributed by atoms with van der Waals surface area (Å²) in [5.74, 6) is 0. The molecule has 0 aromatic heterocycles. The predicted molar refractivity (Wildman–Crippen MR) is 105 cm³/mol. The first-order valence-electron chi connectivity index (χ1n) is 10.9. The maximum absolute atomic E-state index is 10.1. The van der Waals surface area contributed by atoms with E-state index in [1.165, 1.54) is 109 Å². The SMILES string of the molecule is CCCCCCCCC(CO)(CCCCCC)CCCCCC. The molecule has 1 heteroatoms. The molecule has 0 fully saturated rings. The first kappa shape index (κ1) is 23.0. The van der Waals surface area contributed by atoms with Crippen molar-refractivity contribution in [2.75, 3.05) is 6.61 Å². The van der Waals surface area contributed by atoms with E-state index >= 15 is 0 Å². The van der Waals surface area contributed by atoms with Crippen molar-refractivity contribution < 1.29 is 5.11 Å². The highest BCUT2D eigenvalue weighted by atomic mass is 16.3. The van der Waals surface area contributed by atoms with Gasteiger partial charge in [0.05, 0.1) is 0 Å². The second-order valence-corrected chi connectivity index (χ2v) is 7.80. The number of rotatable bonds is 18. The summed E-state index contributed by atoms with van der Waals surface area (Å²) >= 11 is 0. The predicted octanol–water partition coefficient (Wildman–Crippen LogP) is 7.66. The third-order valence-corrected chi connectivity index (χ3v) is 5.52. The second kappa shape index (κ2) is 16.8. The van der Waals surface area contributed by atoms with Crippen LogP contribution in [0.4, 0.5) is 0 Å². The molecule has 0 amide bonds. The average molecular weight is 327 g/mol. The lowest BCUT2D eigenvalue weighted by Gasteiger charge is -2.32. The normalized spacial score (nSPS) is 12.0. The smallest absolute Gasteiger partial charge is 0.0487 e. The Balaban J connectivity index is 4.19. The van der Waals surface area contributed by atoms with Crippen LogP contribution in [0.25, 0.3) is 0 Å². The zero-order valence-electron chi connectivity index (χ0n) is 16.7. The quantitative estimate of drug-likeness (QED) is 0.256. The first-order chi connectivity index (χ1) is 11.2. The lowest BCUT2D eigenvalue weighted by molar-refractivity contribution is 0.0857. The summed E-state index contributed by atoms with van der Waals surface area (Å²) in [6.45, 7) is 7.25. The van der Waals surface area contributed by atoms with Gasteiger partial charge in [0.2, 0.25) is 0 Å². The Morgan fingerprint density at radius 1 is 0.478 bits per heavy atom. The maximum Gasteiger partial charge on any atom is 0.0487 e. The molecule has 0 saturated carbocycles. The molecule has 1 N–H and O–H groups in total. The second-order valence-electron chi connectivity index (χ2n) is 7.80. The lowest BCUT2D eigenvalue weighted by atomic mass is 9.74. The van der Waals surface area contributed by atoms with Crippen molar-refractivity contribution in [3.8, 4) is 0 Å². The summed E-state index contributed by atoms with van der Waals surface area (Å²) in [5.41, 5.74) is 0.242. The van der Waals surface area contributed by atoms with Gasteiger partial charge in [-0.3, -0.25) is 0 Å². The fourth-order valence-electron chi connectivity index (χ4n) is 3.75. The Morgan fingerprint density at radius 3 is 1.13 bits per heavy atom. The standard InChI is InChI=1S/C22H46O/c1-4-7-10-13-14-17-20-22(21-23,18-15-11-8-5-2)19-16-12-9-6-3/h23H,4-21H2,1-3H3. The van der Waals surface area contributed by atoms with Gasteiger partial charge in [0.25, 0.3) is 0 Å². The molecule has 0 bridgehead atoms. The molecule has 0 aromatic rings. The van der Waals surface area contributed by atoms with Crippen LogP contribution in [0.2, 0.25) is 0 Å². The van der Waals surface area contributed by atoms with E-state index in [4.69, 9.17) is 0 Å². The van der Waals surface area contributed by atoms with E-state index < -0.39 is 0 Å². The van der Waals surface area contributed by atoms with E-state index in [0.29, 0.717) is 6.61 Å². The minimum absolute atomic E-state index is 0.242.